The number of rotatable bonds is 20. The molecule has 0 saturated carbocycles. The van der Waals surface area contributed by atoms with Crippen LogP contribution in [-0.4, -0.2) is 119 Å². The molecule has 0 saturated heterocycles. The molecule has 0 bridgehead atoms. The smallest absolute Gasteiger partial charge is 0.336 e. The van der Waals surface area contributed by atoms with E-state index in [-0.39, 0.29) is 35.2 Å². The van der Waals surface area contributed by atoms with E-state index < -0.39 is 85.4 Å². The van der Waals surface area contributed by atoms with Crippen molar-refractivity contribution in [2.45, 2.75) is 77.6 Å². The summed E-state index contributed by atoms with van der Waals surface area (Å²) in [5.41, 5.74) is 0.715. The maximum atomic E-state index is 13.9. The highest BCUT2D eigenvalue weighted by Crippen LogP contribution is 2.50. The second kappa shape index (κ2) is 18.4. The SMILES string of the molecule is CCC[N+]1=C(/C=C/C=C2/N(CCCCCC(=O)O)c3cc(C(=O)NCCS(=O)(=O)O)cc(C(=O)NCCS(=O)(=O)O)c3C2(C)C)C(C)(C)c2c(C(=O)O)cc(C(=O)O)cc21. The largest absolute Gasteiger partial charge is 0.481 e. The number of nitrogens with one attached hydrogen (secondary N) is 2. The van der Waals surface area contributed by atoms with Crippen molar-refractivity contribution in [2.24, 2.45) is 0 Å². The number of carbonyl (C=O) groups is 5. The third kappa shape index (κ3) is 10.8. The van der Waals surface area contributed by atoms with E-state index in [1.54, 1.807) is 18.2 Å². The Labute approximate surface area is 348 Å². The number of anilines is 1. The van der Waals surface area contributed by atoms with E-state index in [9.17, 15) is 65.2 Å². The number of carbonyl (C=O) groups excluding carboxylic acids is 2. The van der Waals surface area contributed by atoms with Crippen LogP contribution in [-0.2, 0) is 35.9 Å². The van der Waals surface area contributed by atoms with Crippen LogP contribution in [0.25, 0.3) is 0 Å². The molecule has 0 spiro atoms. The summed E-state index contributed by atoms with van der Waals surface area (Å²) in [6.07, 6.45) is 7.26. The molecule has 2 aromatic carbocycles. The molecule has 18 nitrogen and oxygen atoms in total. The van der Waals surface area contributed by atoms with Crippen LogP contribution in [0.3, 0.4) is 0 Å². The number of aromatic carboxylic acids is 2. The topological polar surface area (TPSA) is 285 Å². The van der Waals surface area contributed by atoms with Crippen LogP contribution in [0.5, 0.6) is 0 Å². The molecular weight excluding hydrogens is 825 g/mol. The van der Waals surface area contributed by atoms with E-state index >= 15 is 0 Å². The minimum atomic E-state index is -4.45. The third-order valence-electron chi connectivity index (χ3n) is 10.4. The molecule has 0 radical (unpaired) electrons. The van der Waals surface area contributed by atoms with Gasteiger partial charge < -0.3 is 30.9 Å². The number of allylic oxidation sites excluding steroid dienone is 4. The zero-order valence-electron chi connectivity index (χ0n) is 33.9. The predicted molar refractivity (Wildman–Crippen MR) is 221 cm³/mol. The minimum absolute atomic E-state index is 0.0256. The van der Waals surface area contributed by atoms with Crippen LogP contribution in [0.1, 0.15) is 119 Å². The van der Waals surface area contributed by atoms with Crippen LogP contribution in [0, 0.1) is 0 Å². The summed E-state index contributed by atoms with van der Waals surface area (Å²) in [5.74, 6) is -6.65. The van der Waals surface area contributed by atoms with E-state index in [0.717, 1.165) is 6.07 Å². The zero-order valence-corrected chi connectivity index (χ0v) is 35.6. The Balaban J connectivity index is 1.91. The standard InChI is InChI=1S/C40H50N4O14S2/c1-6-16-43-29-23-25(37(49)50)21-27(38(51)52)34(29)40(4,5)30(43)11-10-12-31-39(2,3)33-26(36(48)42-15-19-60(56,57)58)20-24(35(47)41-14-18-59(53,54)55)22-28(33)44(31)17-9-7-8-13-32(45)46/h10-12,20-23H,6-9,13-19H2,1-5H3,(H6-,41,42,45,46,47,48,49,50,51,52,53,54,55,56,57,58)/p+1. The Hall–Kier alpha value is -5.44. The van der Waals surface area contributed by atoms with Gasteiger partial charge in [0.1, 0.15) is 6.54 Å². The van der Waals surface area contributed by atoms with Gasteiger partial charge in [0.05, 0.1) is 33.6 Å². The number of carboxylic acid groups (broad SMARTS) is 3. The maximum absolute atomic E-state index is 13.9. The zero-order chi connectivity index (χ0) is 45.0. The molecule has 0 unspecified atom stereocenters. The number of amides is 2. The quantitative estimate of drug-likeness (QED) is 0.0563. The van der Waals surface area contributed by atoms with Gasteiger partial charge in [-0.25, -0.2) is 9.59 Å². The summed E-state index contributed by atoms with van der Waals surface area (Å²) in [6, 6.07) is 5.40. The van der Waals surface area contributed by atoms with Gasteiger partial charge in [0.2, 0.25) is 5.69 Å². The fraction of sp³-hybridized carbons (Fsp3) is 0.450. The lowest BCUT2D eigenvalue weighted by atomic mass is 9.78. The lowest BCUT2D eigenvalue weighted by molar-refractivity contribution is -0.437. The van der Waals surface area contributed by atoms with Crippen molar-refractivity contribution in [1.82, 2.24) is 10.6 Å². The first kappa shape index (κ1) is 47.2. The number of fused-ring (bicyclic) bond motifs is 2. The Morgan fingerprint density at radius 3 is 1.90 bits per heavy atom. The van der Waals surface area contributed by atoms with E-state index in [0.29, 0.717) is 66.1 Å². The summed E-state index contributed by atoms with van der Waals surface area (Å²) in [6.45, 7) is 9.05. The van der Waals surface area contributed by atoms with Gasteiger partial charge in [-0.05, 0) is 51.0 Å². The monoisotopic (exact) mass is 875 g/mol. The molecule has 0 aromatic heterocycles. The Bertz CT molecular complexity index is 2420. The molecule has 2 aliphatic heterocycles. The van der Waals surface area contributed by atoms with Crippen LogP contribution in [0.4, 0.5) is 11.4 Å². The highest BCUT2D eigenvalue weighted by atomic mass is 32.2. The van der Waals surface area contributed by atoms with Gasteiger partial charge in [0.25, 0.3) is 32.1 Å². The summed E-state index contributed by atoms with van der Waals surface area (Å²) < 4.78 is 65.9. The molecule has 0 aliphatic carbocycles. The lowest BCUT2D eigenvalue weighted by Crippen LogP contribution is -2.32. The third-order valence-corrected chi connectivity index (χ3v) is 11.9. The van der Waals surface area contributed by atoms with Crippen molar-refractivity contribution in [3.05, 3.63) is 81.6 Å². The molecule has 2 aliphatic rings. The lowest BCUT2D eigenvalue weighted by Gasteiger charge is -2.27. The summed E-state index contributed by atoms with van der Waals surface area (Å²) in [7, 11) is -8.88. The maximum Gasteiger partial charge on any atom is 0.336 e. The number of benzene rings is 2. The normalized spacial score (nSPS) is 16.2. The first-order chi connectivity index (χ1) is 27.8. The fourth-order valence-corrected chi connectivity index (χ4v) is 8.55. The number of hydrogen-bond donors (Lipinski definition) is 7. The molecule has 60 heavy (non-hydrogen) atoms. The number of unbranched alkanes of at least 4 members (excludes halogenated alkanes) is 2. The molecule has 20 heteroatoms. The first-order valence-corrected chi connectivity index (χ1v) is 22.4. The van der Waals surface area contributed by atoms with Crippen LogP contribution < -0.4 is 15.5 Å². The second-order valence-corrected chi connectivity index (χ2v) is 18.7. The van der Waals surface area contributed by atoms with Crippen LogP contribution >= 0.6 is 0 Å². The molecule has 0 atom stereocenters. The van der Waals surface area contributed by atoms with Crippen molar-refractivity contribution in [3.63, 3.8) is 0 Å². The summed E-state index contributed by atoms with van der Waals surface area (Å²) >= 11 is 0. The van der Waals surface area contributed by atoms with Crippen LogP contribution in [0.2, 0.25) is 0 Å². The van der Waals surface area contributed by atoms with Gasteiger partial charge in [-0.1, -0.05) is 33.3 Å². The van der Waals surface area contributed by atoms with Crippen LogP contribution in [0.15, 0.2) is 48.2 Å². The van der Waals surface area contributed by atoms with Crippen molar-refractivity contribution in [2.75, 3.05) is 42.6 Å². The van der Waals surface area contributed by atoms with Gasteiger partial charge in [0, 0.05) is 78.1 Å². The molecule has 0 fully saturated rings. The van der Waals surface area contributed by atoms with Crippen molar-refractivity contribution >= 4 is 67.0 Å². The van der Waals surface area contributed by atoms with Gasteiger partial charge in [-0.2, -0.15) is 21.4 Å². The van der Waals surface area contributed by atoms with E-state index in [4.69, 9.17) is 0 Å². The Kier molecular flexibility index (Phi) is 14.5. The molecule has 4 rings (SSSR count). The molecule has 326 valence electrons. The first-order valence-electron chi connectivity index (χ1n) is 19.1. The van der Waals surface area contributed by atoms with E-state index in [2.05, 4.69) is 10.6 Å². The highest BCUT2D eigenvalue weighted by molar-refractivity contribution is 7.86. The summed E-state index contributed by atoms with van der Waals surface area (Å²) in [4.78, 5) is 64.9. The number of nitrogens with zero attached hydrogens (tertiary/aromatic N) is 2. The minimum Gasteiger partial charge on any atom is -0.481 e. The van der Waals surface area contributed by atoms with Crippen molar-refractivity contribution < 1.29 is 69.8 Å². The summed E-state index contributed by atoms with van der Waals surface area (Å²) in [5, 5.41) is 34.1. The van der Waals surface area contributed by atoms with Crippen molar-refractivity contribution in [1.29, 1.82) is 0 Å². The van der Waals surface area contributed by atoms with Crippen molar-refractivity contribution in [3.8, 4) is 0 Å². The fourth-order valence-electron chi connectivity index (χ4n) is 7.83. The number of hydrogen-bond acceptors (Lipinski definition) is 10. The highest BCUT2D eigenvalue weighted by Gasteiger charge is 2.48. The average molecular weight is 876 g/mol. The number of aliphatic carboxylic acids is 1. The van der Waals surface area contributed by atoms with Gasteiger partial charge in [-0.3, -0.25) is 23.5 Å². The predicted octanol–water partition coefficient (Wildman–Crippen LogP) is 3.99. The average Bonchev–Trinajstić information content (AvgIpc) is 3.47. The Morgan fingerprint density at radius 1 is 0.750 bits per heavy atom. The molecule has 7 N–H and O–H groups in total. The van der Waals surface area contributed by atoms with Gasteiger partial charge >= 0.3 is 17.9 Å². The molecule has 2 amide bonds. The number of carboxylic acids is 3. The van der Waals surface area contributed by atoms with Gasteiger partial charge in [0.15, 0.2) is 5.71 Å². The van der Waals surface area contributed by atoms with Gasteiger partial charge in [-0.15, -0.1) is 0 Å². The molecular formula is C40H51N4O14S2+. The second-order valence-electron chi connectivity index (χ2n) is 15.6. The van der Waals surface area contributed by atoms with E-state index in [1.807, 2.05) is 44.1 Å². The molecule has 2 heterocycles. The van der Waals surface area contributed by atoms with E-state index in [1.165, 1.54) is 18.2 Å². The molecule has 2 aromatic rings. The Morgan fingerprint density at radius 2 is 1.35 bits per heavy atom.